The van der Waals surface area contributed by atoms with Gasteiger partial charge in [0.15, 0.2) is 0 Å². The molecule has 1 aromatic heterocycles. The number of carbonyl (C=O) groups excluding carboxylic acids is 3. The molecule has 0 aliphatic carbocycles. The zero-order valence-corrected chi connectivity index (χ0v) is 20.5. The minimum Gasteiger partial charge on any atom is -0.497 e. The summed E-state index contributed by atoms with van der Waals surface area (Å²) >= 11 is 1.43. The fourth-order valence-electron chi connectivity index (χ4n) is 3.84. The summed E-state index contributed by atoms with van der Waals surface area (Å²) in [4.78, 5) is 41.4. The fraction of sp³-hybridized carbons (Fsp3) is 0.480. The summed E-state index contributed by atoms with van der Waals surface area (Å²) in [6.07, 6.45) is 1.29. The molecule has 2 heterocycles. The summed E-state index contributed by atoms with van der Waals surface area (Å²) in [5, 5.41) is 7.91. The fourth-order valence-corrected chi connectivity index (χ4v) is 4.53. The number of nitrogens with zero attached hydrogens (tertiary/aromatic N) is 1. The highest BCUT2D eigenvalue weighted by Crippen LogP contribution is 2.24. The van der Waals surface area contributed by atoms with Crippen LogP contribution in [0.25, 0.3) is 0 Å². The second-order valence-electron chi connectivity index (χ2n) is 8.83. The number of rotatable bonds is 8. The normalized spacial score (nSPS) is 16.2. The van der Waals surface area contributed by atoms with Gasteiger partial charge in [0.2, 0.25) is 5.91 Å². The van der Waals surface area contributed by atoms with Crippen molar-refractivity contribution in [3.63, 3.8) is 0 Å². The van der Waals surface area contributed by atoms with Crippen molar-refractivity contribution in [3.05, 3.63) is 52.2 Å². The van der Waals surface area contributed by atoms with E-state index in [0.717, 1.165) is 4.88 Å². The molecule has 2 N–H and O–H groups in total. The predicted molar refractivity (Wildman–Crippen MR) is 130 cm³/mol. The standard InChI is InChI=1S/C25H33N3O4S/c1-16(2)17(3)26-24(30)22(27-23(29)19-7-9-20(32-4)10-8-19)18-11-13-28(14-12-18)25(31)21-6-5-15-33-21/h5-10,15-18,22H,11-14H2,1-4H3,(H,26,30)(H,27,29)/t17-,22-/m1/s1. The van der Waals surface area contributed by atoms with E-state index in [2.05, 4.69) is 10.6 Å². The molecule has 2 atom stereocenters. The number of thiophene rings is 1. The van der Waals surface area contributed by atoms with Gasteiger partial charge in [0.1, 0.15) is 11.8 Å². The Morgan fingerprint density at radius 2 is 1.70 bits per heavy atom. The van der Waals surface area contributed by atoms with Crippen molar-refractivity contribution in [2.24, 2.45) is 11.8 Å². The number of hydrogen-bond acceptors (Lipinski definition) is 5. The number of benzene rings is 1. The molecule has 1 aliphatic heterocycles. The predicted octanol–water partition coefficient (Wildman–Crippen LogP) is 3.57. The first kappa shape index (κ1) is 24.8. The van der Waals surface area contributed by atoms with Gasteiger partial charge < -0.3 is 20.3 Å². The van der Waals surface area contributed by atoms with Gasteiger partial charge in [0.05, 0.1) is 12.0 Å². The summed E-state index contributed by atoms with van der Waals surface area (Å²) in [5.41, 5.74) is 0.468. The van der Waals surface area contributed by atoms with Gasteiger partial charge in [-0.1, -0.05) is 19.9 Å². The lowest BCUT2D eigenvalue weighted by Gasteiger charge is -2.36. The van der Waals surface area contributed by atoms with Crippen molar-refractivity contribution in [3.8, 4) is 5.75 Å². The van der Waals surface area contributed by atoms with E-state index in [1.165, 1.54) is 11.3 Å². The molecular formula is C25H33N3O4S. The van der Waals surface area contributed by atoms with Gasteiger partial charge in [0, 0.05) is 24.7 Å². The van der Waals surface area contributed by atoms with Gasteiger partial charge >= 0.3 is 0 Å². The maximum absolute atomic E-state index is 13.2. The number of methoxy groups -OCH3 is 1. The average molecular weight is 472 g/mol. The molecule has 0 unspecified atom stereocenters. The van der Waals surface area contributed by atoms with Gasteiger partial charge in [-0.15, -0.1) is 11.3 Å². The first-order valence-electron chi connectivity index (χ1n) is 11.4. The van der Waals surface area contributed by atoms with Crippen molar-refractivity contribution >= 4 is 29.1 Å². The summed E-state index contributed by atoms with van der Waals surface area (Å²) < 4.78 is 5.16. The molecule has 7 nitrogen and oxygen atoms in total. The van der Waals surface area contributed by atoms with Gasteiger partial charge in [-0.05, 0) is 67.3 Å². The summed E-state index contributed by atoms with van der Waals surface area (Å²) in [7, 11) is 1.57. The Morgan fingerprint density at radius 1 is 1.03 bits per heavy atom. The van der Waals surface area contributed by atoms with Crippen LogP contribution in [0.2, 0.25) is 0 Å². The number of ether oxygens (including phenoxy) is 1. The van der Waals surface area contributed by atoms with E-state index >= 15 is 0 Å². The molecule has 178 valence electrons. The molecule has 2 aromatic rings. The Bertz CT molecular complexity index is 935. The van der Waals surface area contributed by atoms with E-state index in [1.807, 2.05) is 43.2 Å². The van der Waals surface area contributed by atoms with Crippen LogP contribution in [0.15, 0.2) is 41.8 Å². The van der Waals surface area contributed by atoms with E-state index < -0.39 is 6.04 Å². The van der Waals surface area contributed by atoms with Crippen LogP contribution < -0.4 is 15.4 Å². The Kier molecular flexibility index (Phi) is 8.49. The minimum atomic E-state index is -0.667. The number of amides is 3. The molecule has 0 spiro atoms. The van der Waals surface area contributed by atoms with Crippen LogP contribution in [0.5, 0.6) is 5.75 Å². The van der Waals surface area contributed by atoms with Crippen molar-refractivity contribution < 1.29 is 19.1 Å². The monoisotopic (exact) mass is 471 g/mol. The van der Waals surface area contributed by atoms with Crippen LogP contribution in [0, 0.1) is 11.8 Å². The lowest BCUT2D eigenvalue weighted by molar-refractivity contribution is -0.125. The molecule has 1 aliphatic rings. The average Bonchev–Trinajstić information content (AvgIpc) is 3.37. The highest BCUT2D eigenvalue weighted by molar-refractivity contribution is 7.12. The van der Waals surface area contributed by atoms with Crippen LogP contribution in [0.3, 0.4) is 0 Å². The van der Waals surface area contributed by atoms with Crippen molar-refractivity contribution in [1.29, 1.82) is 0 Å². The number of likely N-dealkylation sites (tertiary alicyclic amines) is 1. The zero-order chi connectivity index (χ0) is 24.0. The molecule has 1 aromatic carbocycles. The first-order chi connectivity index (χ1) is 15.8. The molecule has 0 saturated carbocycles. The van der Waals surface area contributed by atoms with Gasteiger partial charge in [-0.2, -0.15) is 0 Å². The Hall–Kier alpha value is -2.87. The third-order valence-corrected chi connectivity index (χ3v) is 7.18. The maximum Gasteiger partial charge on any atom is 0.263 e. The van der Waals surface area contributed by atoms with E-state index in [4.69, 9.17) is 4.74 Å². The molecule has 0 bridgehead atoms. The number of nitrogens with one attached hydrogen (secondary N) is 2. The maximum atomic E-state index is 13.2. The molecule has 33 heavy (non-hydrogen) atoms. The second kappa shape index (κ2) is 11.3. The molecule has 8 heteroatoms. The van der Waals surface area contributed by atoms with Gasteiger partial charge in [0.25, 0.3) is 11.8 Å². The Balaban J connectivity index is 1.70. The summed E-state index contributed by atoms with van der Waals surface area (Å²) in [6, 6.07) is 9.83. The van der Waals surface area contributed by atoms with Gasteiger partial charge in [-0.25, -0.2) is 0 Å². The number of hydrogen-bond donors (Lipinski definition) is 2. The lowest BCUT2D eigenvalue weighted by Crippen LogP contribution is -2.55. The largest absolute Gasteiger partial charge is 0.497 e. The second-order valence-corrected chi connectivity index (χ2v) is 9.78. The Labute approximate surface area is 199 Å². The number of piperidine rings is 1. The third-order valence-electron chi connectivity index (χ3n) is 6.32. The van der Waals surface area contributed by atoms with Gasteiger partial charge in [-0.3, -0.25) is 14.4 Å². The SMILES string of the molecule is COc1ccc(C(=O)N[C@@H](C(=O)N[C@H](C)C(C)C)C2CCN(C(=O)c3cccs3)CC2)cc1. The van der Waals surface area contributed by atoms with Crippen LogP contribution in [0.4, 0.5) is 0 Å². The molecule has 0 radical (unpaired) electrons. The third kappa shape index (κ3) is 6.35. The van der Waals surface area contributed by atoms with E-state index in [9.17, 15) is 14.4 Å². The highest BCUT2D eigenvalue weighted by Gasteiger charge is 2.35. The van der Waals surface area contributed by atoms with E-state index in [-0.39, 0.29) is 35.6 Å². The van der Waals surface area contributed by atoms with E-state index in [1.54, 1.807) is 31.4 Å². The molecule has 3 rings (SSSR count). The first-order valence-corrected chi connectivity index (χ1v) is 12.3. The molecule has 3 amide bonds. The highest BCUT2D eigenvalue weighted by atomic mass is 32.1. The quantitative estimate of drug-likeness (QED) is 0.616. The van der Waals surface area contributed by atoms with Crippen LogP contribution in [0.1, 0.15) is 53.6 Å². The minimum absolute atomic E-state index is 0.0154. The van der Waals surface area contributed by atoms with Crippen molar-refractivity contribution in [2.75, 3.05) is 20.2 Å². The summed E-state index contributed by atoms with van der Waals surface area (Å²) in [5.74, 6) is 0.429. The summed E-state index contributed by atoms with van der Waals surface area (Å²) in [6.45, 7) is 7.18. The van der Waals surface area contributed by atoms with Crippen molar-refractivity contribution in [2.45, 2.75) is 45.7 Å². The molecule has 1 fully saturated rings. The van der Waals surface area contributed by atoms with Crippen molar-refractivity contribution in [1.82, 2.24) is 15.5 Å². The molecule has 1 saturated heterocycles. The smallest absolute Gasteiger partial charge is 0.263 e. The van der Waals surface area contributed by atoms with E-state index in [0.29, 0.717) is 37.2 Å². The topological polar surface area (TPSA) is 87.7 Å². The zero-order valence-electron chi connectivity index (χ0n) is 19.7. The number of carbonyl (C=O) groups is 3. The lowest BCUT2D eigenvalue weighted by atomic mass is 9.88. The van der Waals surface area contributed by atoms with Crippen LogP contribution in [-0.2, 0) is 4.79 Å². The van der Waals surface area contributed by atoms with Crippen LogP contribution >= 0.6 is 11.3 Å². The molecular weight excluding hydrogens is 438 g/mol. The van der Waals surface area contributed by atoms with Crippen LogP contribution in [-0.4, -0.2) is 54.9 Å². The Morgan fingerprint density at radius 3 is 2.24 bits per heavy atom.